The van der Waals surface area contributed by atoms with Crippen molar-refractivity contribution in [1.82, 2.24) is 4.98 Å². The molecule has 0 unspecified atom stereocenters. The van der Waals surface area contributed by atoms with Gasteiger partial charge in [-0.2, -0.15) is 8.42 Å². The van der Waals surface area contributed by atoms with Crippen LogP contribution < -0.4 is 4.72 Å². The minimum atomic E-state index is -4.25. The van der Waals surface area contributed by atoms with Crippen molar-refractivity contribution in [2.45, 2.75) is 13.8 Å². The Hall–Kier alpha value is -1.18. The van der Waals surface area contributed by atoms with E-state index < -0.39 is 10.3 Å². The fourth-order valence-corrected chi connectivity index (χ4v) is 2.88. The van der Waals surface area contributed by atoms with Crippen LogP contribution in [-0.2, 0) is 10.3 Å². The molecule has 0 aliphatic heterocycles. The monoisotopic (exact) mass is 258 g/mol. The molecular weight excluding hydrogens is 248 g/mol. The first kappa shape index (κ1) is 11.3. The van der Waals surface area contributed by atoms with E-state index in [4.69, 9.17) is 4.55 Å². The molecule has 7 heteroatoms. The fraction of sp³-hybridized carbons (Fsp3) is 0.222. The molecule has 2 rings (SSSR count). The number of benzene rings is 1. The predicted molar refractivity (Wildman–Crippen MR) is 64.3 cm³/mol. The first-order valence-corrected chi connectivity index (χ1v) is 6.74. The highest BCUT2D eigenvalue weighted by Gasteiger charge is 2.10. The van der Waals surface area contributed by atoms with Gasteiger partial charge in [-0.1, -0.05) is 11.3 Å². The lowest BCUT2D eigenvalue weighted by atomic mass is 10.1. The molecule has 0 radical (unpaired) electrons. The van der Waals surface area contributed by atoms with Gasteiger partial charge in [-0.3, -0.25) is 4.55 Å². The lowest BCUT2D eigenvalue weighted by Gasteiger charge is -1.96. The molecule has 0 aliphatic rings. The Morgan fingerprint density at radius 3 is 2.56 bits per heavy atom. The first-order valence-electron chi connectivity index (χ1n) is 4.48. The van der Waals surface area contributed by atoms with Crippen LogP contribution in [0.1, 0.15) is 11.1 Å². The Kier molecular flexibility index (Phi) is 2.61. The van der Waals surface area contributed by atoms with E-state index in [1.165, 1.54) is 11.3 Å². The van der Waals surface area contributed by atoms with E-state index in [9.17, 15) is 8.42 Å². The largest absolute Gasteiger partial charge is 0.359 e. The minimum absolute atomic E-state index is 0.169. The standard InChI is InChI=1S/C9H10N2O3S2/c1-5-3-7-8(4-6(5)2)15-9(10-7)11-16(12,13)14/h3-4H,1-2H3,(H,10,11)(H,12,13,14). The van der Waals surface area contributed by atoms with Gasteiger partial charge in [0.05, 0.1) is 10.2 Å². The Labute approximate surface area is 97.0 Å². The highest BCUT2D eigenvalue weighted by molar-refractivity contribution is 7.87. The van der Waals surface area contributed by atoms with Gasteiger partial charge in [-0.15, -0.1) is 0 Å². The molecule has 0 aliphatic carbocycles. The quantitative estimate of drug-likeness (QED) is 0.809. The molecule has 0 bridgehead atoms. The number of fused-ring (bicyclic) bond motifs is 1. The average Bonchev–Trinajstić information content (AvgIpc) is 2.44. The summed E-state index contributed by atoms with van der Waals surface area (Å²) >= 11 is 1.19. The number of aryl methyl sites for hydroxylation is 2. The van der Waals surface area contributed by atoms with Crippen LogP contribution in [0.15, 0.2) is 12.1 Å². The van der Waals surface area contributed by atoms with Crippen LogP contribution in [0.3, 0.4) is 0 Å². The van der Waals surface area contributed by atoms with Crippen molar-refractivity contribution in [2.24, 2.45) is 0 Å². The third-order valence-electron chi connectivity index (χ3n) is 2.22. The van der Waals surface area contributed by atoms with Crippen molar-refractivity contribution in [2.75, 3.05) is 4.72 Å². The number of anilines is 1. The van der Waals surface area contributed by atoms with E-state index in [1.54, 1.807) is 0 Å². The highest BCUT2D eigenvalue weighted by Crippen LogP contribution is 2.28. The van der Waals surface area contributed by atoms with Crippen molar-refractivity contribution < 1.29 is 13.0 Å². The molecule has 1 heterocycles. The van der Waals surface area contributed by atoms with Crippen LogP contribution in [0, 0.1) is 13.8 Å². The summed E-state index contributed by atoms with van der Waals surface area (Å²) in [6.07, 6.45) is 0. The maximum Gasteiger partial charge on any atom is 0.359 e. The molecule has 2 aromatic rings. The molecule has 0 spiro atoms. The molecule has 0 saturated heterocycles. The second-order valence-electron chi connectivity index (χ2n) is 3.50. The number of nitrogens with zero attached hydrogens (tertiary/aromatic N) is 1. The second-order valence-corrected chi connectivity index (χ2v) is 5.69. The number of hydrogen-bond acceptors (Lipinski definition) is 4. The summed E-state index contributed by atoms with van der Waals surface area (Å²) in [5.41, 5.74) is 2.94. The summed E-state index contributed by atoms with van der Waals surface area (Å²) < 4.78 is 32.7. The van der Waals surface area contributed by atoms with Crippen molar-refractivity contribution >= 4 is 37.0 Å². The number of nitrogens with one attached hydrogen (secondary N) is 1. The van der Waals surface area contributed by atoms with Gasteiger partial charge in [0.25, 0.3) is 0 Å². The molecule has 16 heavy (non-hydrogen) atoms. The van der Waals surface area contributed by atoms with E-state index in [-0.39, 0.29) is 5.13 Å². The van der Waals surface area contributed by atoms with Gasteiger partial charge in [0.1, 0.15) is 0 Å². The second kappa shape index (κ2) is 3.69. The molecular formula is C9H10N2O3S2. The average molecular weight is 258 g/mol. The minimum Gasteiger partial charge on any atom is -0.269 e. The molecule has 0 saturated carbocycles. The maximum atomic E-state index is 10.6. The van der Waals surface area contributed by atoms with Gasteiger partial charge in [0.2, 0.25) is 0 Å². The Morgan fingerprint density at radius 2 is 1.94 bits per heavy atom. The topological polar surface area (TPSA) is 79.3 Å². The van der Waals surface area contributed by atoms with E-state index in [1.807, 2.05) is 30.7 Å². The molecule has 0 atom stereocenters. The van der Waals surface area contributed by atoms with Gasteiger partial charge < -0.3 is 0 Å². The van der Waals surface area contributed by atoms with Crippen LogP contribution in [-0.4, -0.2) is 18.0 Å². The van der Waals surface area contributed by atoms with Gasteiger partial charge in [-0.05, 0) is 37.1 Å². The van der Waals surface area contributed by atoms with E-state index in [0.717, 1.165) is 21.3 Å². The summed E-state index contributed by atoms with van der Waals surface area (Å²) in [4.78, 5) is 4.07. The number of rotatable bonds is 2. The van der Waals surface area contributed by atoms with Crippen molar-refractivity contribution in [3.05, 3.63) is 23.3 Å². The predicted octanol–water partition coefficient (Wildman–Crippen LogP) is 2.13. The van der Waals surface area contributed by atoms with E-state index in [0.29, 0.717) is 0 Å². The molecule has 1 aromatic heterocycles. The SMILES string of the molecule is Cc1cc2nc(NS(=O)(=O)O)sc2cc1C. The summed E-state index contributed by atoms with van der Waals surface area (Å²) in [7, 11) is -4.25. The third kappa shape index (κ3) is 2.31. The Balaban J connectivity index is 2.52. The van der Waals surface area contributed by atoms with Crippen LogP contribution >= 0.6 is 11.3 Å². The van der Waals surface area contributed by atoms with Crippen molar-refractivity contribution in [1.29, 1.82) is 0 Å². The third-order valence-corrected chi connectivity index (χ3v) is 3.73. The van der Waals surface area contributed by atoms with Gasteiger partial charge >= 0.3 is 10.3 Å². The van der Waals surface area contributed by atoms with Crippen molar-refractivity contribution in [3.8, 4) is 0 Å². The summed E-state index contributed by atoms with van der Waals surface area (Å²) in [5.74, 6) is 0. The number of aromatic nitrogens is 1. The Bertz CT molecular complexity index is 607. The molecule has 2 N–H and O–H groups in total. The highest BCUT2D eigenvalue weighted by atomic mass is 32.2. The Morgan fingerprint density at radius 1 is 1.31 bits per heavy atom. The van der Waals surface area contributed by atoms with Gasteiger partial charge in [0.15, 0.2) is 5.13 Å². The van der Waals surface area contributed by atoms with Crippen LogP contribution in [0.4, 0.5) is 5.13 Å². The van der Waals surface area contributed by atoms with Gasteiger partial charge in [-0.25, -0.2) is 9.71 Å². The van der Waals surface area contributed by atoms with Crippen molar-refractivity contribution in [3.63, 3.8) is 0 Å². The van der Waals surface area contributed by atoms with E-state index in [2.05, 4.69) is 4.98 Å². The van der Waals surface area contributed by atoms with Crippen LogP contribution in [0.2, 0.25) is 0 Å². The first-order chi connectivity index (χ1) is 7.35. The summed E-state index contributed by atoms with van der Waals surface area (Å²) in [6, 6.07) is 3.83. The molecule has 86 valence electrons. The maximum absolute atomic E-state index is 10.6. The smallest absolute Gasteiger partial charge is 0.269 e. The number of hydrogen-bond donors (Lipinski definition) is 2. The molecule has 1 aromatic carbocycles. The normalized spacial score (nSPS) is 11.9. The zero-order valence-corrected chi connectivity index (χ0v) is 10.3. The zero-order valence-electron chi connectivity index (χ0n) is 8.68. The lowest BCUT2D eigenvalue weighted by Crippen LogP contribution is -2.09. The summed E-state index contributed by atoms with van der Waals surface area (Å²) in [5, 5.41) is 0.169. The van der Waals surface area contributed by atoms with Crippen LogP contribution in [0.5, 0.6) is 0 Å². The molecule has 0 amide bonds. The van der Waals surface area contributed by atoms with Gasteiger partial charge in [0, 0.05) is 0 Å². The molecule has 5 nitrogen and oxygen atoms in total. The lowest BCUT2D eigenvalue weighted by molar-refractivity contribution is 0.489. The number of thiazole rings is 1. The summed E-state index contributed by atoms with van der Waals surface area (Å²) in [6.45, 7) is 3.94. The van der Waals surface area contributed by atoms with Crippen LogP contribution in [0.25, 0.3) is 10.2 Å². The fourth-order valence-electron chi connectivity index (χ4n) is 1.33. The molecule has 0 fully saturated rings. The zero-order chi connectivity index (χ0) is 11.9. The van der Waals surface area contributed by atoms with E-state index >= 15 is 0 Å².